The number of fused-ring (bicyclic) bond motifs is 1. The molecule has 0 aliphatic heterocycles. The number of anilines is 1. The number of halogens is 1. The number of aromatic nitrogens is 1. The quantitative estimate of drug-likeness (QED) is 0.518. The Balaban J connectivity index is 1.84. The summed E-state index contributed by atoms with van der Waals surface area (Å²) in [6.07, 6.45) is 4.36. The van der Waals surface area contributed by atoms with Crippen LogP contribution in [0.2, 0.25) is 5.02 Å². The van der Waals surface area contributed by atoms with Crippen molar-refractivity contribution in [2.24, 2.45) is 0 Å². The molecule has 0 aliphatic rings. The van der Waals surface area contributed by atoms with E-state index in [0.717, 1.165) is 28.1 Å². The van der Waals surface area contributed by atoms with E-state index in [1.807, 2.05) is 55.9 Å². The summed E-state index contributed by atoms with van der Waals surface area (Å²) in [6, 6.07) is 9.57. The average Bonchev–Trinajstić information content (AvgIpc) is 3.25. The highest BCUT2D eigenvalue weighted by Gasteiger charge is 2.18. The topological polar surface area (TPSA) is 36.4 Å². The summed E-state index contributed by atoms with van der Waals surface area (Å²) in [7, 11) is 4.06. The molecule has 0 radical (unpaired) electrons. The molecule has 3 rings (SSSR count). The van der Waals surface area contributed by atoms with Crippen LogP contribution in [0.15, 0.2) is 41.8 Å². The monoisotopic (exact) mass is 405 g/mol. The second-order valence-corrected chi connectivity index (χ2v) is 8.53. The molecule has 2 heterocycles. The van der Waals surface area contributed by atoms with Crippen LogP contribution in [0.5, 0.6) is 0 Å². The summed E-state index contributed by atoms with van der Waals surface area (Å²) in [5.74, 6) is -0.0534. The molecule has 7 heteroatoms. The minimum Gasteiger partial charge on any atom is -0.309 e. The standard InChI is InChI=1S/C19H20ClN3OS2/c1-22(2)10-4-11-23(18(24)9-7-15-5-3-12-25-15)19-21-16-8-6-14(20)13-17(16)26-19/h3,5-9,12-13H,4,10-11H2,1-2H3. The highest BCUT2D eigenvalue weighted by molar-refractivity contribution is 7.22. The minimum absolute atomic E-state index is 0.0534. The highest BCUT2D eigenvalue weighted by atomic mass is 35.5. The van der Waals surface area contributed by atoms with Crippen LogP contribution in [0.25, 0.3) is 16.3 Å². The van der Waals surface area contributed by atoms with Crippen LogP contribution >= 0.6 is 34.3 Å². The van der Waals surface area contributed by atoms with Gasteiger partial charge in [0.15, 0.2) is 5.13 Å². The van der Waals surface area contributed by atoms with Crippen molar-refractivity contribution in [1.82, 2.24) is 9.88 Å². The second-order valence-electron chi connectivity index (χ2n) is 6.10. The van der Waals surface area contributed by atoms with Crippen molar-refractivity contribution in [3.63, 3.8) is 0 Å². The SMILES string of the molecule is CN(C)CCCN(C(=O)C=Cc1cccs1)c1nc2ccc(Cl)cc2s1. The summed E-state index contributed by atoms with van der Waals surface area (Å²) >= 11 is 9.18. The van der Waals surface area contributed by atoms with Crippen LogP contribution < -0.4 is 4.90 Å². The molecule has 0 saturated heterocycles. The average molecular weight is 406 g/mol. The van der Waals surface area contributed by atoms with E-state index in [1.54, 1.807) is 22.3 Å². The molecule has 0 aliphatic carbocycles. The number of amides is 1. The maximum Gasteiger partial charge on any atom is 0.252 e. The summed E-state index contributed by atoms with van der Waals surface area (Å²) in [5.41, 5.74) is 0.863. The predicted octanol–water partition coefficient (Wildman–Crippen LogP) is 5.01. The van der Waals surface area contributed by atoms with E-state index < -0.39 is 0 Å². The van der Waals surface area contributed by atoms with Gasteiger partial charge in [0.2, 0.25) is 0 Å². The third kappa shape index (κ3) is 4.92. The smallest absolute Gasteiger partial charge is 0.252 e. The van der Waals surface area contributed by atoms with Gasteiger partial charge in [-0.15, -0.1) is 11.3 Å². The fourth-order valence-electron chi connectivity index (χ4n) is 2.48. The third-order valence-corrected chi connectivity index (χ3v) is 5.87. The van der Waals surface area contributed by atoms with Crippen molar-refractivity contribution < 1.29 is 4.79 Å². The van der Waals surface area contributed by atoms with Crippen molar-refractivity contribution in [1.29, 1.82) is 0 Å². The van der Waals surface area contributed by atoms with E-state index >= 15 is 0 Å². The van der Waals surface area contributed by atoms with Crippen molar-refractivity contribution in [2.45, 2.75) is 6.42 Å². The molecule has 0 atom stereocenters. The van der Waals surface area contributed by atoms with Gasteiger partial charge >= 0.3 is 0 Å². The lowest BCUT2D eigenvalue weighted by molar-refractivity contribution is -0.114. The molecule has 0 fully saturated rings. The number of rotatable bonds is 7. The summed E-state index contributed by atoms with van der Waals surface area (Å²) in [4.78, 5) is 22.4. The van der Waals surface area contributed by atoms with E-state index in [0.29, 0.717) is 16.7 Å². The Morgan fingerprint density at radius 2 is 2.12 bits per heavy atom. The number of thiophene rings is 1. The fraction of sp³-hybridized carbons (Fsp3) is 0.263. The van der Waals surface area contributed by atoms with Crippen LogP contribution in [0.4, 0.5) is 5.13 Å². The van der Waals surface area contributed by atoms with Gasteiger partial charge in [-0.05, 0) is 62.8 Å². The van der Waals surface area contributed by atoms with Crippen LogP contribution in [-0.4, -0.2) is 43.0 Å². The zero-order chi connectivity index (χ0) is 18.5. The van der Waals surface area contributed by atoms with Gasteiger partial charge in [0.25, 0.3) is 5.91 Å². The lowest BCUT2D eigenvalue weighted by Gasteiger charge is -2.19. The largest absolute Gasteiger partial charge is 0.309 e. The van der Waals surface area contributed by atoms with E-state index in [-0.39, 0.29) is 5.91 Å². The first-order valence-corrected chi connectivity index (χ1v) is 10.3. The van der Waals surface area contributed by atoms with Crippen LogP contribution in [0.3, 0.4) is 0 Å². The first kappa shape index (κ1) is 19.0. The number of thiazole rings is 1. The third-order valence-electron chi connectivity index (χ3n) is 3.76. The summed E-state index contributed by atoms with van der Waals surface area (Å²) in [5, 5.41) is 3.38. The number of benzene rings is 1. The minimum atomic E-state index is -0.0534. The number of carbonyl (C=O) groups is 1. The zero-order valence-electron chi connectivity index (χ0n) is 14.7. The molecule has 3 aromatic rings. The molecule has 0 unspecified atom stereocenters. The molecule has 4 nitrogen and oxygen atoms in total. The predicted molar refractivity (Wildman–Crippen MR) is 114 cm³/mol. The van der Waals surface area contributed by atoms with Crippen molar-refractivity contribution >= 4 is 61.6 Å². The molecule has 0 spiro atoms. The fourth-order valence-corrected chi connectivity index (χ4v) is 4.37. The zero-order valence-corrected chi connectivity index (χ0v) is 17.1. The van der Waals surface area contributed by atoms with Gasteiger partial charge in [-0.25, -0.2) is 4.98 Å². The molecule has 0 saturated carbocycles. The van der Waals surface area contributed by atoms with Gasteiger partial charge < -0.3 is 4.90 Å². The molecular formula is C19H20ClN3OS2. The maximum absolute atomic E-state index is 12.8. The first-order valence-electron chi connectivity index (χ1n) is 8.27. The highest BCUT2D eigenvalue weighted by Crippen LogP contribution is 2.31. The van der Waals surface area contributed by atoms with Crippen LogP contribution in [0.1, 0.15) is 11.3 Å². The molecule has 1 aromatic carbocycles. The van der Waals surface area contributed by atoms with Crippen LogP contribution in [-0.2, 0) is 4.79 Å². The molecule has 136 valence electrons. The Morgan fingerprint density at radius 1 is 1.27 bits per heavy atom. The van der Waals surface area contributed by atoms with Gasteiger partial charge in [0.05, 0.1) is 10.2 Å². The van der Waals surface area contributed by atoms with Crippen molar-refractivity contribution in [2.75, 3.05) is 32.1 Å². The van der Waals surface area contributed by atoms with Gasteiger partial charge in [-0.2, -0.15) is 0 Å². The molecule has 0 bridgehead atoms. The number of nitrogens with zero attached hydrogens (tertiary/aromatic N) is 3. The van der Waals surface area contributed by atoms with Crippen LogP contribution in [0, 0.1) is 0 Å². The number of hydrogen-bond acceptors (Lipinski definition) is 5. The van der Waals surface area contributed by atoms with E-state index in [4.69, 9.17) is 11.6 Å². The first-order chi connectivity index (χ1) is 12.5. The molecule has 26 heavy (non-hydrogen) atoms. The van der Waals surface area contributed by atoms with Gasteiger partial charge in [-0.3, -0.25) is 9.69 Å². The Kier molecular flexibility index (Phi) is 6.43. The summed E-state index contributed by atoms with van der Waals surface area (Å²) in [6.45, 7) is 1.54. The lowest BCUT2D eigenvalue weighted by Crippen LogP contribution is -2.32. The number of carbonyl (C=O) groups excluding carboxylic acids is 1. The summed E-state index contributed by atoms with van der Waals surface area (Å²) < 4.78 is 0.986. The van der Waals surface area contributed by atoms with Crippen molar-refractivity contribution in [3.8, 4) is 0 Å². The molecule has 2 aromatic heterocycles. The molecule has 1 amide bonds. The Morgan fingerprint density at radius 3 is 2.85 bits per heavy atom. The second kappa shape index (κ2) is 8.77. The maximum atomic E-state index is 12.8. The Hall–Kier alpha value is -1.73. The Bertz CT molecular complexity index is 903. The molecular weight excluding hydrogens is 386 g/mol. The molecule has 0 N–H and O–H groups in total. The normalized spacial score (nSPS) is 11.7. The van der Waals surface area contributed by atoms with Gasteiger partial charge in [-0.1, -0.05) is 29.0 Å². The van der Waals surface area contributed by atoms with E-state index in [9.17, 15) is 4.79 Å². The van der Waals surface area contributed by atoms with Gasteiger partial charge in [0, 0.05) is 22.5 Å². The van der Waals surface area contributed by atoms with Crippen molar-refractivity contribution in [3.05, 3.63) is 51.7 Å². The van der Waals surface area contributed by atoms with E-state index in [2.05, 4.69) is 9.88 Å². The number of hydrogen-bond donors (Lipinski definition) is 0. The van der Waals surface area contributed by atoms with E-state index in [1.165, 1.54) is 11.3 Å². The lowest BCUT2D eigenvalue weighted by atomic mass is 10.3. The van der Waals surface area contributed by atoms with Gasteiger partial charge in [0.1, 0.15) is 0 Å². The Labute approximate surface area is 166 Å².